The molecule has 0 spiro atoms. The van der Waals surface area contributed by atoms with Crippen LogP contribution in [0.4, 0.5) is 14.5 Å². The van der Waals surface area contributed by atoms with Crippen molar-refractivity contribution < 1.29 is 23.0 Å². The zero-order valence-corrected chi connectivity index (χ0v) is 11.2. The van der Waals surface area contributed by atoms with Crippen LogP contribution in [0.5, 0.6) is 11.5 Å². The molecule has 0 aromatic heterocycles. The van der Waals surface area contributed by atoms with Gasteiger partial charge in [-0.15, -0.1) is 8.78 Å². The SMILES string of the molecule is CCC1CC(Nc2ccc3c(c2)OC(F)(F)O3)CCO1. The van der Waals surface area contributed by atoms with Gasteiger partial charge in [0.25, 0.3) is 0 Å². The minimum absolute atomic E-state index is 0.0685. The molecule has 2 aliphatic heterocycles. The first-order chi connectivity index (χ1) is 9.55. The van der Waals surface area contributed by atoms with Gasteiger partial charge in [0.1, 0.15) is 0 Å². The van der Waals surface area contributed by atoms with Crippen LogP contribution >= 0.6 is 0 Å². The molecule has 0 saturated carbocycles. The van der Waals surface area contributed by atoms with Crippen LogP contribution in [0.3, 0.4) is 0 Å². The molecule has 1 aromatic carbocycles. The van der Waals surface area contributed by atoms with Gasteiger partial charge in [0, 0.05) is 24.4 Å². The minimum atomic E-state index is -3.56. The molecule has 2 atom stereocenters. The minimum Gasteiger partial charge on any atom is -0.395 e. The Hall–Kier alpha value is -1.56. The van der Waals surface area contributed by atoms with Crippen LogP contribution in [0.2, 0.25) is 0 Å². The summed E-state index contributed by atoms with van der Waals surface area (Å²) in [6.07, 6.45) is -0.500. The Bertz CT molecular complexity index is 495. The van der Waals surface area contributed by atoms with Crippen LogP contribution in [0, 0.1) is 0 Å². The molecule has 20 heavy (non-hydrogen) atoms. The highest BCUT2D eigenvalue weighted by molar-refractivity contribution is 5.56. The van der Waals surface area contributed by atoms with Crippen molar-refractivity contribution in [1.82, 2.24) is 0 Å². The fourth-order valence-corrected chi connectivity index (χ4v) is 2.57. The first-order valence-corrected chi connectivity index (χ1v) is 6.84. The van der Waals surface area contributed by atoms with Gasteiger partial charge >= 0.3 is 6.29 Å². The Labute approximate surface area is 116 Å². The van der Waals surface area contributed by atoms with Crippen LogP contribution in [0.1, 0.15) is 26.2 Å². The van der Waals surface area contributed by atoms with E-state index in [1.807, 2.05) is 0 Å². The normalized spacial score (nSPS) is 27.4. The van der Waals surface area contributed by atoms with E-state index in [9.17, 15) is 8.78 Å². The average molecular weight is 285 g/mol. The number of alkyl halides is 2. The Balaban J connectivity index is 1.67. The predicted octanol–water partition coefficient (Wildman–Crippen LogP) is 3.38. The van der Waals surface area contributed by atoms with Crippen molar-refractivity contribution in [3.63, 3.8) is 0 Å². The molecule has 1 N–H and O–H groups in total. The van der Waals surface area contributed by atoms with Crippen molar-refractivity contribution in [1.29, 1.82) is 0 Å². The third-order valence-electron chi connectivity index (χ3n) is 3.59. The Morgan fingerprint density at radius 2 is 2.10 bits per heavy atom. The number of halogens is 2. The summed E-state index contributed by atoms with van der Waals surface area (Å²) in [5.41, 5.74) is 0.756. The summed E-state index contributed by atoms with van der Waals surface area (Å²) in [7, 11) is 0. The van der Waals surface area contributed by atoms with Crippen molar-refractivity contribution in [3.05, 3.63) is 18.2 Å². The number of anilines is 1. The molecular formula is C14H17F2NO3. The molecule has 0 radical (unpaired) electrons. The Kier molecular flexibility index (Phi) is 3.41. The second-order valence-corrected chi connectivity index (χ2v) is 5.10. The maximum absolute atomic E-state index is 12.9. The monoisotopic (exact) mass is 285 g/mol. The molecule has 2 heterocycles. The highest BCUT2D eigenvalue weighted by atomic mass is 19.3. The molecule has 1 fully saturated rings. The van der Waals surface area contributed by atoms with Gasteiger partial charge in [0.05, 0.1) is 6.10 Å². The van der Waals surface area contributed by atoms with E-state index >= 15 is 0 Å². The molecule has 0 aliphatic carbocycles. The topological polar surface area (TPSA) is 39.7 Å². The van der Waals surface area contributed by atoms with E-state index in [4.69, 9.17) is 4.74 Å². The van der Waals surface area contributed by atoms with Crippen LogP contribution in [0.15, 0.2) is 18.2 Å². The third kappa shape index (κ3) is 2.80. The summed E-state index contributed by atoms with van der Waals surface area (Å²) >= 11 is 0. The molecule has 2 unspecified atom stereocenters. The molecule has 2 aliphatic rings. The molecule has 0 bridgehead atoms. The van der Waals surface area contributed by atoms with E-state index < -0.39 is 6.29 Å². The van der Waals surface area contributed by atoms with E-state index in [1.54, 1.807) is 12.1 Å². The quantitative estimate of drug-likeness (QED) is 0.924. The number of hydrogen-bond donors (Lipinski definition) is 1. The van der Waals surface area contributed by atoms with Gasteiger partial charge in [0.15, 0.2) is 11.5 Å². The summed E-state index contributed by atoms with van der Waals surface area (Å²) in [6.45, 7) is 2.81. The number of hydrogen-bond acceptors (Lipinski definition) is 4. The molecule has 4 nitrogen and oxygen atoms in total. The van der Waals surface area contributed by atoms with Crippen molar-refractivity contribution >= 4 is 5.69 Å². The number of ether oxygens (including phenoxy) is 3. The van der Waals surface area contributed by atoms with Crippen LogP contribution < -0.4 is 14.8 Å². The van der Waals surface area contributed by atoms with Crippen molar-refractivity contribution in [2.24, 2.45) is 0 Å². The maximum Gasteiger partial charge on any atom is 0.586 e. The fraction of sp³-hybridized carbons (Fsp3) is 0.571. The van der Waals surface area contributed by atoms with Gasteiger partial charge in [-0.3, -0.25) is 0 Å². The lowest BCUT2D eigenvalue weighted by Crippen LogP contribution is -2.33. The van der Waals surface area contributed by atoms with Crippen LogP contribution in [-0.2, 0) is 4.74 Å². The highest BCUT2D eigenvalue weighted by Crippen LogP contribution is 2.42. The van der Waals surface area contributed by atoms with E-state index in [-0.39, 0.29) is 23.6 Å². The lowest BCUT2D eigenvalue weighted by Gasteiger charge is -2.30. The third-order valence-corrected chi connectivity index (χ3v) is 3.59. The van der Waals surface area contributed by atoms with E-state index in [1.165, 1.54) is 6.07 Å². The molecule has 3 rings (SSSR count). The van der Waals surface area contributed by atoms with Gasteiger partial charge in [0.2, 0.25) is 0 Å². The van der Waals surface area contributed by atoms with Gasteiger partial charge in [-0.2, -0.15) is 0 Å². The predicted molar refractivity (Wildman–Crippen MR) is 69.3 cm³/mol. The Morgan fingerprint density at radius 3 is 2.90 bits per heavy atom. The summed E-state index contributed by atoms with van der Waals surface area (Å²) < 4.78 is 40.3. The van der Waals surface area contributed by atoms with Gasteiger partial charge < -0.3 is 19.5 Å². The molecule has 0 amide bonds. The molecule has 1 saturated heterocycles. The fourth-order valence-electron chi connectivity index (χ4n) is 2.57. The van der Waals surface area contributed by atoms with Crippen molar-refractivity contribution in [3.8, 4) is 11.5 Å². The van der Waals surface area contributed by atoms with Gasteiger partial charge in [-0.1, -0.05) is 6.92 Å². The largest absolute Gasteiger partial charge is 0.586 e. The smallest absolute Gasteiger partial charge is 0.395 e. The number of benzene rings is 1. The van der Waals surface area contributed by atoms with E-state index in [0.29, 0.717) is 0 Å². The second kappa shape index (κ2) is 5.09. The Morgan fingerprint density at radius 1 is 1.30 bits per heavy atom. The van der Waals surface area contributed by atoms with Crippen molar-refractivity contribution in [2.45, 2.75) is 44.6 Å². The van der Waals surface area contributed by atoms with Crippen LogP contribution in [-0.4, -0.2) is 25.0 Å². The summed E-state index contributed by atoms with van der Waals surface area (Å²) in [4.78, 5) is 0. The van der Waals surface area contributed by atoms with Gasteiger partial charge in [-0.25, -0.2) is 0 Å². The van der Waals surface area contributed by atoms with Crippen LogP contribution in [0.25, 0.3) is 0 Å². The van der Waals surface area contributed by atoms with E-state index in [2.05, 4.69) is 21.7 Å². The lowest BCUT2D eigenvalue weighted by molar-refractivity contribution is -0.286. The lowest BCUT2D eigenvalue weighted by atomic mass is 10.0. The zero-order valence-electron chi connectivity index (χ0n) is 11.2. The molecule has 110 valence electrons. The molecular weight excluding hydrogens is 268 g/mol. The molecule has 1 aromatic rings. The summed E-state index contributed by atoms with van der Waals surface area (Å²) in [5.74, 6) is 0.137. The standard InChI is InChI=1S/C14H17F2NO3/c1-2-11-7-10(5-6-18-11)17-9-3-4-12-13(8-9)20-14(15,16)19-12/h3-4,8,10-11,17H,2,5-7H2,1H3. The van der Waals surface area contributed by atoms with E-state index in [0.717, 1.165) is 31.6 Å². The number of rotatable bonds is 3. The highest BCUT2D eigenvalue weighted by Gasteiger charge is 2.43. The van der Waals surface area contributed by atoms with Crippen molar-refractivity contribution in [2.75, 3.05) is 11.9 Å². The summed E-state index contributed by atoms with van der Waals surface area (Å²) in [5, 5.41) is 3.34. The number of fused-ring (bicyclic) bond motifs is 1. The van der Waals surface area contributed by atoms with Gasteiger partial charge in [-0.05, 0) is 31.4 Å². The first kappa shape index (κ1) is 13.4. The summed E-state index contributed by atoms with van der Waals surface area (Å²) in [6, 6.07) is 5.05. The average Bonchev–Trinajstić information content (AvgIpc) is 2.72. The first-order valence-electron chi connectivity index (χ1n) is 6.84. The number of nitrogens with one attached hydrogen (secondary N) is 1. The second-order valence-electron chi connectivity index (χ2n) is 5.10. The maximum atomic E-state index is 12.9. The zero-order chi connectivity index (χ0) is 14.2. The molecule has 6 heteroatoms.